The molecule has 5 aromatic rings. The summed E-state index contributed by atoms with van der Waals surface area (Å²) in [5, 5.41) is 1.60. The second-order valence-electron chi connectivity index (χ2n) is 16.8. The van der Waals surface area contributed by atoms with Crippen LogP contribution in [0.4, 0.5) is 0 Å². The minimum atomic E-state index is -1.64. The van der Waals surface area contributed by atoms with Gasteiger partial charge in [0.2, 0.25) is 11.4 Å². The molecule has 246 valence electrons. The third-order valence-electron chi connectivity index (χ3n) is 12.5. The average molecular weight is 659 g/mol. The molecule has 2 aliphatic heterocycles. The Bertz CT molecular complexity index is 2140. The molecule has 4 heterocycles. The zero-order valence-corrected chi connectivity index (χ0v) is 31.0. The Morgan fingerprint density at radius 1 is 0.816 bits per heavy atom. The van der Waals surface area contributed by atoms with Gasteiger partial charge in [0, 0.05) is 28.3 Å². The minimum Gasteiger partial charge on any atom is -0.193 e. The summed E-state index contributed by atoms with van der Waals surface area (Å²) in [6, 6.07) is 33.1. The van der Waals surface area contributed by atoms with Gasteiger partial charge < -0.3 is 0 Å². The lowest BCUT2D eigenvalue weighted by atomic mass is 9.47. The number of rotatable bonds is 5. The molecule has 9 rings (SSSR count). The van der Waals surface area contributed by atoms with Crippen LogP contribution in [-0.4, -0.2) is 8.07 Å². The number of benzene rings is 3. The second-order valence-corrected chi connectivity index (χ2v) is 21.8. The fraction of sp³-hybridized carbons (Fsp3) is 0.348. The number of pyridine rings is 2. The van der Waals surface area contributed by atoms with Crippen molar-refractivity contribution in [3.63, 3.8) is 0 Å². The summed E-state index contributed by atoms with van der Waals surface area (Å²) in [7, 11) is -1.64. The number of aromatic nitrogens is 2. The zero-order chi connectivity index (χ0) is 33.7. The first kappa shape index (κ1) is 30.9. The van der Waals surface area contributed by atoms with Crippen molar-refractivity contribution >= 4 is 13.3 Å². The van der Waals surface area contributed by atoms with E-state index in [9.17, 15) is 0 Å². The Balaban J connectivity index is 1.34. The Labute approximate surface area is 294 Å². The molecule has 0 saturated heterocycles. The van der Waals surface area contributed by atoms with Crippen LogP contribution in [0.2, 0.25) is 19.6 Å². The quantitative estimate of drug-likeness (QED) is 0.101. The molecular weight excluding hydrogens is 609 g/mol. The lowest BCUT2D eigenvalue weighted by Gasteiger charge is -2.56. The third-order valence-corrected chi connectivity index (χ3v) is 14.5. The van der Waals surface area contributed by atoms with Crippen molar-refractivity contribution in [3.05, 3.63) is 138 Å². The van der Waals surface area contributed by atoms with Gasteiger partial charge in [-0.1, -0.05) is 107 Å². The van der Waals surface area contributed by atoms with Gasteiger partial charge in [0.25, 0.3) is 0 Å². The largest absolute Gasteiger partial charge is 0.216 e. The second kappa shape index (κ2) is 11.2. The van der Waals surface area contributed by atoms with Gasteiger partial charge in [-0.2, -0.15) is 9.13 Å². The summed E-state index contributed by atoms with van der Waals surface area (Å²) >= 11 is 0. The third kappa shape index (κ3) is 4.43. The molecular formula is C46H50N2Si+2. The molecule has 2 aromatic heterocycles. The summed E-state index contributed by atoms with van der Waals surface area (Å²) in [4.78, 5) is 0. The topological polar surface area (TPSA) is 7.76 Å². The first-order valence-corrected chi connectivity index (χ1v) is 22.3. The summed E-state index contributed by atoms with van der Waals surface area (Å²) in [5.41, 5.74) is 16.2. The van der Waals surface area contributed by atoms with Gasteiger partial charge in [0.05, 0.1) is 19.2 Å². The SMILES string of the molecule is C=CC1[n+]2cc([Si](C)(C)C)c(CC(C)C)cc2-c2ccccc2C12CC1c3ccccc3-c3c4c(c(-c5ccccc5)c[n+]3C12)CCCC4. The van der Waals surface area contributed by atoms with Gasteiger partial charge in [-0.3, -0.25) is 0 Å². The number of nitrogens with zero attached hydrogens (tertiary/aromatic N) is 2. The molecule has 3 heteroatoms. The van der Waals surface area contributed by atoms with Gasteiger partial charge >= 0.3 is 0 Å². The Morgan fingerprint density at radius 2 is 1.51 bits per heavy atom. The minimum absolute atomic E-state index is 0.110. The van der Waals surface area contributed by atoms with Crippen molar-refractivity contribution in [2.45, 2.75) is 95.4 Å². The highest BCUT2D eigenvalue weighted by Gasteiger charge is 2.72. The average Bonchev–Trinajstić information content (AvgIpc) is 3.09. The number of hydrogen-bond acceptors (Lipinski definition) is 0. The van der Waals surface area contributed by atoms with E-state index in [0.29, 0.717) is 17.9 Å². The van der Waals surface area contributed by atoms with E-state index in [1.807, 2.05) is 0 Å². The van der Waals surface area contributed by atoms with Crippen molar-refractivity contribution < 1.29 is 9.13 Å². The lowest BCUT2D eigenvalue weighted by Crippen LogP contribution is -2.72. The Kier molecular flexibility index (Phi) is 7.08. The smallest absolute Gasteiger partial charge is 0.193 e. The molecule has 2 nitrogen and oxygen atoms in total. The van der Waals surface area contributed by atoms with Crippen molar-refractivity contribution in [2.75, 3.05) is 0 Å². The van der Waals surface area contributed by atoms with Crippen LogP contribution in [0.3, 0.4) is 0 Å². The highest BCUT2D eigenvalue weighted by atomic mass is 28.3. The van der Waals surface area contributed by atoms with Gasteiger partial charge in [-0.05, 0) is 90.5 Å². The monoisotopic (exact) mass is 658 g/mol. The normalized spacial score (nSPS) is 23.0. The zero-order valence-electron chi connectivity index (χ0n) is 30.0. The number of hydrogen-bond donors (Lipinski definition) is 0. The summed E-state index contributed by atoms with van der Waals surface area (Å²) in [5.74, 6) is 1.07. The maximum atomic E-state index is 4.65. The molecule has 0 radical (unpaired) electrons. The lowest BCUT2D eigenvalue weighted by molar-refractivity contribution is -0.774. The van der Waals surface area contributed by atoms with Crippen molar-refractivity contribution in [2.24, 2.45) is 5.92 Å². The molecule has 4 atom stereocenters. The molecule has 1 saturated carbocycles. The van der Waals surface area contributed by atoms with E-state index in [1.54, 1.807) is 27.4 Å². The number of allylic oxidation sites excluding steroid dienone is 1. The molecule has 0 N–H and O–H groups in total. The van der Waals surface area contributed by atoms with Crippen LogP contribution < -0.4 is 14.3 Å². The molecule has 0 amide bonds. The number of fused-ring (bicyclic) bond motifs is 13. The first-order chi connectivity index (χ1) is 23.7. The molecule has 4 unspecified atom stereocenters. The van der Waals surface area contributed by atoms with E-state index in [-0.39, 0.29) is 11.5 Å². The Morgan fingerprint density at radius 3 is 2.24 bits per heavy atom. The maximum absolute atomic E-state index is 4.65. The molecule has 1 spiro atoms. The van der Waals surface area contributed by atoms with Crippen LogP contribution in [-0.2, 0) is 24.7 Å². The van der Waals surface area contributed by atoms with Crippen LogP contribution in [0.15, 0.2) is 110 Å². The van der Waals surface area contributed by atoms with Gasteiger partial charge in [-0.25, -0.2) is 0 Å². The van der Waals surface area contributed by atoms with Crippen molar-refractivity contribution in [1.29, 1.82) is 0 Å². The molecule has 0 bridgehead atoms. The summed E-state index contributed by atoms with van der Waals surface area (Å²) < 4.78 is 5.48. The standard InChI is InChI=1S/C46H50N2Si/c1-7-43-46(40-24-16-15-23-37(40)41-26-32(25-30(2)3)42(29-47(41)43)49(4,5)6)27-38-33-19-11-13-21-35(33)44-36-22-14-12-20-34(36)39(28-48(44)45(38)46)31-17-9-8-10-18-31/h7-11,13,15-19,21,23-24,26,28-30,38,43,45H,1,12,14,20,22,25,27H2,2-6H3/q+2. The van der Waals surface area contributed by atoms with Gasteiger partial charge in [-0.15, -0.1) is 0 Å². The molecule has 1 fully saturated rings. The van der Waals surface area contributed by atoms with E-state index in [1.165, 1.54) is 52.0 Å². The van der Waals surface area contributed by atoms with Gasteiger partial charge in [0.15, 0.2) is 24.5 Å². The highest BCUT2D eigenvalue weighted by molar-refractivity contribution is 6.89. The van der Waals surface area contributed by atoms with Gasteiger partial charge in [0.1, 0.15) is 5.41 Å². The van der Waals surface area contributed by atoms with E-state index < -0.39 is 8.07 Å². The molecule has 49 heavy (non-hydrogen) atoms. The Hall–Kier alpha value is -4.08. The molecule has 2 aliphatic carbocycles. The van der Waals surface area contributed by atoms with Crippen LogP contribution in [0.1, 0.15) is 78.9 Å². The van der Waals surface area contributed by atoms with Crippen LogP contribution in [0, 0.1) is 5.92 Å². The van der Waals surface area contributed by atoms with Crippen LogP contribution in [0.5, 0.6) is 0 Å². The fourth-order valence-corrected chi connectivity index (χ4v) is 12.3. The van der Waals surface area contributed by atoms with Crippen LogP contribution >= 0.6 is 0 Å². The fourth-order valence-electron chi connectivity index (χ4n) is 10.6. The molecule has 3 aromatic carbocycles. The predicted octanol–water partition coefficient (Wildman–Crippen LogP) is 9.61. The maximum Gasteiger partial charge on any atom is 0.216 e. The van der Waals surface area contributed by atoms with Crippen molar-refractivity contribution in [1.82, 2.24) is 0 Å². The summed E-state index contributed by atoms with van der Waals surface area (Å²) in [6.07, 6.45) is 14.6. The van der Waals surface area contributed by atoms with E-state index in [4.69, 9.17) is 0 Å². The van der Waals surface area contributed by atoms with E-state index in [0.717, 1.165) is 25.7 Å². The van der Waals surface area contributed by atoms with Crippen LogP contribution in [0.25, 0.3) is 33.6 Å². The molecule has 4 aliphatic rings. The van der Waals surface area contributed by atoms with E-state index in [2.05, 4.69) is 153 Å². The van der Waals surface area contributed by atoms with E-state index >= 15 is 0 Å². The first-order valence-electron chi connectivity index (χ1n) is 18.8. The predicted molar refractivity (Wildman–Crippen MR) is 205 cm³/mol. The highest BCUT2D eigenvalue weighted by Crippen LogP contribution is 2.67. The summed E-state index contributed by atoms with van der Waals surface area (Å²) in [6.45, 7) is 16.9. The van der Waals surface area contributed by atoms with Crippen molar-refractivity contribution in [3.8, 4) is 33.6 Å².